The first-order valence-electron chi connectivity index (χ1n) is 14.1. The Hall–Kier alpha value is -2.85. The number of hydrogen-bond acceptors (Lipinski definition) is 4. The van der Waals surface area contributed by atoms with E-state index in [1.165, 1.54) is 48.0 Å². The minimum Gasteiger partial charge on any atom is -0.512 e. The minimum atomic E-state index is 0. The van der Waals surface area contributed by atoms with Crippen LogP contribution in [0.4, 0.5) is 0 Å². The number of aromatic nitrogens is 1. The Morgan fingerprint density at radius 3 is 2.33 bits per heavy atom. The molecule has 0 fully saturated rings. The van der Waals surface area contributed by atoms with Crippen LogP contribution in [-0.2, 0) is 24.9 Å². The first-order valence-corrected chi connectivity index (χ1v) is 14.9. The molecule has 3 nitrogen and oxygen atoms in total. The van der Waals surface area contributed by atoms with Gasteiger partial charge in [0.2, 0.25) is 0 Å². The van der Waals surface area contributed by atoms with Gasteiger partial charge in [-0.05, 0) is 66.3 Å². The maximum atomic E-state index is 11.7. The summed E-state index contributed by atoms with van der Waals surface area (Å²) in [6.07, 6.45) is 6.82. The zero-order valence-corrected chi connectivity index (χ0v) is 27.0. The SMILES string of the molecule is CCC(CC)C(=O)/C=C(\O)C(CC)CC.Cc1sc2ccc3ccnc4c5[c-]c6ccccc6cc5c1c2c34.[Ir]. The van der Waals surface area contributed by atoms with Crippen molar-refractivity contribution in [3.05, 3.63) is 77.5 Å². The van der Waals surface area contributed by atoms with Crippen molar-refractivity contribution in [3.63, 3.8) is 0 Å². The summed E-state index contributed by atoms with van der Waals surface area (Å²) in [6.45, 7) is 10.3. The molecule has 0 bridgehead atoms. The zero-order chi connectivity index (χ0) is 27.7. The number of aliphatic hydroxyl groups excluding tert-OH is 1. The Labute approximate surface area is 254 Å². The van der Waals surface area contributed by atoms with Crippen LogP contribution >= 0.6 is 11.3 Å². The molecule has 2 aromatic heterocycles. The molecule has 2 heterocycles. The number of aryl methyl sites for hydroxylation is 1. The average molecular weight is 727 g/mol. The number of pyridine rings is 1. The van der Waals surface area contributed by atoms with Gasteiger partial charge in [-0.25, -0.2) is 0 Å². The molecule has 0 spiro atoms. The van der Waals surface area contributed by atoms with E-state index in [0.29, 0.717) is 0 Å². The monoisotopic (exact) mass is 727 g/mol. The number of benzene rings is 4. The van der Waals surface area contributed by atoms with Crippen LogP contribution in [0.15, 0.2) is 66.6 Å². The van der Waals surface area contributed by atoms with Crippen molar-refractivity contribution in [2.24, 2.45) is 11.8 Å². The number of carbonyl (C=O) groups is 1. The van der Waals surface area contributed by atoms with Crippen LogP contribution in [-0.4, -0.2) is 15.9 Å². The fraction of sp³-hybridized carbons (Fsp3) is 0.314. The van der Waals surface area contributed by atoms with Crippen LogP contribution in [0, 0.1) is 24.8 Å². The molecule has 40 heavy (non-hydrogen) atoms. The van der Waals surface area contributed by atoms with Gasteiger partial charge in [0.1, 0.15) is 0 Å². The molecule has 6 aromatic rings. The Kier molecular flexibility index (Phi) is 9.61. The summed E-state index contributed by atoms with van der Waals surface area (Å²) < 4.78 is 1.35. The average Bonchev–Trinajstić information content (AvgIpc) is 3.30. The number of thiophene rings is 1. The molecule has 1 N–H and O–H groups in total. The molecule has 0 saturated heterocycles. The van der Waals surface area contributed by atoms with E-state index in [1.54, 1.807) is 0 Å². The molecule has 0 aliphatic heterocycles. The van der Waals surface area contributed by atoms with Gasteiger partial charge in [0.25, 0.3) is 0 Å². The Morgan fingerprint density at radius 1 is 0.925 bits per heavy atom. The predicted molar refractivity (Wildman–Crippen MR) is 168 cm³/mol. The van der Waals surface area contributed by atoms with Gasteiger partial charge >= 0.3 is 0 Å². The fourth-order valence-electron chi connectivity index (χ4n) is 5.82. The molecule has 0 saturated carbocycles. The van der Waals surface area contributed by atoms with E-state index in [-0.39, 0.29) is 43.5 Å². The molecule has 4 aromatic carbocycles. The fourth-order valence-corrected chi connectivity index (χ4v) is 6.91. The van der Waals surface area contributed by atoms with Gasteiger partial charge in [-0.1, -0.05) is 68.1 Å². The largest absolute Gasteiger partial charge is 0.512 e. The van der Waals surface area contributed by atoms with Gasteiger partial charge in [0, 0.05) is 59.3 Å². The van der Waals surface area contributed by atoms with Gasteiger partial charge in [-0.3, -0.25) is 9.78 Å². The quantitative estimate of drug-likeness (QED) is 0.0586. The second kappa shape index (κ2) is 12.8. The second-order valence-corrected chi connectivity index (χ2v) is 11.6. The molecule has 0 unspecified atom stereocenters. The smallest absolute Gasteiger partial charge is 0.162 e. The van der Waals surface area contributed by atoms with Crippen molar-refractivity contribution in [1.29, 1.82) is 0 Å². The Morgan fingerprint density at radius 2 is 1.62 bits per heavy atom. The summed E-state index contributed by atoms with van der Waals surface area (Å²) in [5.41, 5.74) is 1.07. The van der Waals surface area contributed by atoms with E-state index in [0.717, 1.165) is 42.0 Å². The Bertz CT molecular complexity index is 1810. The number of allylic oxidation sites excluding steroid dienone is 2. The summed E-state index contributed by atoms with van der Waals surface area (Å²) in [5.74, 6) is 0.547. The second-order valence-electron chi connectivity index (χ2n) is 10.4. The molecule has 1 radical (unpaired) electrons. The number of ketones is 1. The number of nitrogens with zero attached hydrogens (tertiary/aromatic N) is 1. The van der Waals surface area contributed by atoms with Crippen LogP contribution in [0.2, 0.25) is 0 Å². The third-order valence-corrected chi connectivity index (χ3v) is 9.21. The summed E-state index contributed by atoms with van der Waals surface area (Å²) in [4.78, 5) is 17.8. The molecule has 0 amide bonds. The summed E-state index contributed by atoms with van der Waals surface area (Å²) >= 11 is 1.88. The summed E-state index contributed by atoms with van der Waals surface area (Å²) in [7, 11) is 0. The number of rotatable bonds is 7. The maximum absolute atomic E-state index is 11.7. The van der Waals surface area contributed by atoms with E-state index in [4.69, 9.17) is 4.98 Å². The summed E-state index contributed by atoms with van der Waals surface area (Å²) in [5, 5.41) is 19.9. The van der Waals surface area contributed by atoms with Crippen molar-refractivity contribution in [1.82, 2.24) is 4.98 Å². The standard InChI is InChI=1S/C22H12NS.C13H24O2.Ir/c1-12-19-16-10-14-4-2-3-5-15(14)11-17(16)22-20-13(8-9-23-22)6-7-18(24-12)21(19)20;1-5-10(6-2)12(14)9-13(15)11(7-3)8-4;/h2-10H,1H3;9-11,14H,5-8H2,1-4H3;/q-1;;/b;12-9-;. The van der Waals surface area contributed by atoms with Crippen LogP contribution in [0.3, 0.4) is 0 Å². The van der Waals surface area contributed by atoms with Gasteiger partial charge in [-0.2, -0.15) is 0 Å². The van der Waals surface area contributed by atoms with Gasteiger partial charge in [-0.15, -0.1) is 34.9 Å². The topological polar surface area (TPSA) is 50.2 Å². The van der Waals surface area contributed by atoms with E-state index < -0.39 is 0 Å². The maximum Gasteiger partial charge on any atom is 0.162 e. The number of hydrogen-bond donors (Lipinski definition) is 1. The van der Waals surface area contributed by atoms with Crippen molar-refractivity contribution in [2.45, 2.75) is 60.3 Å². The summed E-state index contributed by atoms with van der Waals surface area (Å²) in [6, 6.07) is 21.0. The Balaban J connectivity index is 0.000000204. The minimum absolute atomic E-state index is 0. The van der Waals surface area contributed by atoms with E-state index >= 15 is 0 Å². The number of carbonyl (C=O) groups excluding carboxylic acids is 1. The van der Waals surface area contributed by atoms with Crippen molar-refractivity contribution >= 4 is 70.4 Å². The molecule has 6 rings (SSSR count). The normalized spacial score (nSPS) is 12.1. The van der Waals surface area contributed by atoms with Gasteiger partial charge in [0.05, 0.1) is 5.76 Å². The molecule has 0 aliphatic carbocycles. The van der Waals surface area contributed by atoms with E-state index in [1.807, 2.05) is 45.2 Å². The zero-order valence-electron chi connectivity index (χ0n) is 23.8. The van der Waals surface area contributed by atoms with Gasteiger partial charge < -0.3 is 5.11 Å². The number of aliphatic hydroxyl groups is 1. The van der Waals surface area contributed by atoms with Crippen LogP contribution in [0.1, 0.15) is 58.3 Å². The molecule has 209 valence electrons. The van der Waals surface area contributed by atoms with Crippen LogP contribution in [0.25, 0.3) is 53.3 Å². The first kappa shape index (κ1) is 30.1. The van der Waals surface area contributed by atoms with E-state index in [9.17, 15) is 9.90 Å². The van der Waals surface area contributed by atoms with Crippen LogP contribution in [0.5, 0.6) is 0 Å². The predicted octanol–water partition coefficient (Wildman–Crippen LogP) is 10.3. The molecule has 0 atom stereocenters. The molecule has 0 aliphatic rings. The molecular weight excluding hydrogens is 691 g/mol. The third kappa shape index (κ3) is 5.40. The third-order valence-electron chi connectivity index (χ3n) is 8.14. The van der Waals surface area contributed by atoms with Crippen molar-refractivity contribution in [3.8, 4) is 0 Å². The van der Waals surface area contributed by atoms with Crippen LogP contribution < -0.4 is 0 Å². The molecule has 5 heteroatoms. The van der Waals surface area contributed by atoms with Crippen molar-refractivity contribution < 1.29 is 30.0 Å². The van der Waals surface area contributed by atoms with Crippen molar-refractivity contribution in [2.75, 3.05) is 0 Å². The molecular formula is C35H36IrNO2S-. The number of fused-ring (bicyclic) bond motifs is 4. The van der Waals surface area contributed by atoms with E-state index in [2.05, 4.69) is 61.5 Å². The van der Waals surface area contributed by atoms with Gasteiger partial charge in [0.15, 0.2) is 5.78 Å². The first-order chi connectivity index (χ1) is 18.9.